The minimum absolute atomic E-state index is 0.119. The lowest BCUT2D eigenvalue weighted by atomic mass is 10.2. The maximum atomic E-state index is 13.4. The fourth-order valence-corrected chi connectivity index (χ4v) is 2.54. The molecule has 1 aromatic carbocycles. The summed E-state index contributed by atoms with van der Waals surface area (Å²) < 4.78 is 26.1. The molecule has 1 heterocycles. The first-order valence-electron chi connectivity index (χ1n) is 5.69. The van der Waals surface area contributed by atoms with Crippen molar-refractivity contribution >= 4 is 34.4 Å². The molecule has 1 aliphatic rings. The zero-order valence-corrected chi connectivity index (χ0v) is 11.3. The van der Waals surface area contributed by atoms with Crippen LogP contribution in [0.25, 0.3) is 0 Å². The first kappa shape index (κ1) is 14.4. The molecule has 0 saturated carbocycles. The number of hydrogen-bond donors (Lipinski definition) is 2. The van der Waals surface area contributed by atoms with Crippen LogP contribution >= 0.6 is 11.8 Å². The lowest BCUT2D eigenvalue weighted by Crippen LogP contribution is -2.28. The largest absolute Gasteiger partial charge is 0.324 e. The van der Waals surface area contributed by atoms with Gasteiger partial charge in [0.2, 0.25) is 11.8 Å². The van der Waals surface area contributed by atoms with Crippen molar-refractivity contribution in [1.29, 1.82) is 0 Å². The Balaban J connectivity index is 1.98. The van der Waals surface area contributed by atoms with Gasteiger partial charge in [0.1, 0.15) is 16.9 Å². The molecule has 0 aliphatic carbocycles. The first-order chi connectivity index (χ1) is 9.49. The summed E-state index contributed by atoms with van der Waals surface area (Å²) in [7, 11) is 1.53. The number of rotatable bonds is 3. The number of thioether (sulfide) groups is 1. The van der Waals surface area contributed by atoms with Crippen LogP contribution in [0.3, 0.4) is 0 Å². The number of nitrogens with one attached hydrogen (secondary N) is 2. The van der Waals surface area contributed by atoms with Crippen LogP contribution in [0.2, 0.25) is 0 Å². The van der Waals surface area contributed by atoms with Gasteiger partial charge in [-0.25, -0.2) is 8.78 Å². The standard InChI is InChI=1S/C12H11F2N3O2S/c1-15-12-17-11(19)9(20-12)5-10(18)16-8-3-2-6(13)4-7(8)14/h2-4,9H,5H2,1H3,(H,16,18)(H,15,17,19)/t9-/m0/s1. The van der Waals surface area contributed by atoms with Gasteiger partial charge in [0.25, 0.3) is 0 Å². The summed E-state index contributed by atoms with van der Waals surface area (Å²) in [5.41, 5.74) is -0.121. The number of aliphatic imine (C=N–C) groups is 1. The van der Waals surface area contributed by atoms with Crippen molar-refractivity contribution < 1.29 is 18.4 Å². The second-order valence-electron chi connectivity index (χ2n) is 4.00. The highest BCUT2D eigenvalue weighted by molar-refractivity contribution is 8.15. The van der Waals surface area contributed by atoms with Gasteiger partial charge < -0.3 is 10.6 Å². The molecule has 20 heavy (non-hydrogen) atoms. The van der Waals surface area contributed by atoms with E-state index < -0.39 is 22.8 Å². The fourth-order valence-electron chi connectivity index (χ4n) is 1.61. The number of amides is 2. The minimum atomic E-state index is -0.863. The molecule has 8 heteroatoms. The van der Waals surface area contributed by atoms with Gasteiger partial charge in [-0.1, -0.05) is 11.8 Å². The summed E-state index contributed by atoms with van der Waals surface area (Å²) in [5, 5.41) is 4.66. The number of carbonyl (C=O) groups is 2. The molecule has 2 rings (SSSR count). The predicted molar refractivity (Wildman–Crippen MR) is 72.5 cm³/mol. The van der Waals surface area contributed by atoms with Gasteiger partial charge in [-0.2, -0.15) is 0 Å². The molecule has 0 aromatic heterocycles. The quantitative estimate of drug-likeness (QED) is 0.889. The van der Waals surface area contributed by atoms with Crippen LogP contribution in [0, 0.1) is 11.6 Å². The number of halogens is 2. The maximum absolute atomic E-state index is 13.4. The summed E-state index contributed by atoms with van der Waals surface area (Å²) in [6.07, 6.45) is -0.119. The Kier molecular flexibility index (Phi) is 4.33. The van der Waals surface area contributed by atoms with E-state index in [-0.39, 0.29) is 18.0 Å². The van der Waals surface area contributed by atoms with Gasteiger partial charge >= 0.3 is 0 Å². The van der Waals surface area contributed by atoms with Crippen LogP contribution in [-0.2, 0) is 9.59 Å². The Morgan fingerprint density at radius 2 is 2.25 bits per heavy atom. The summed E-state index contributed by atoms with van der Waals surface area (Å²) in [6.45, 7) is 0. The molecular weight excluding hydrogens is 288 g/mol. The molecule has 0 bridgehead atoms. The van der Waals surface area contributed by atoms with E-state index in [4.69, 9.17) is 0 Å². The van der Waals surface area contributed by atoms with Crippen molar-refractivity contribution in [3.8, 4) is 0 Å². The molecule has 0 radical (unpaired) electrons. The molecule has 1 aromatic rings. The van der Waals surface area contributed by atoms with E-state index in [0.29, 0.717) is 11.2 Å². The fraction of sp³-hybridized carbons (Fsp3) is 0.250. The van der Waals surface area contributed by atoms with E-state index in [1.54, 1.807) is 0 Å². The molecular formula is C12H11F2N3O2S. The Hall–Kier alpha value is -1.96. The number of benzene rings is 1. The summed E-state index contributed by atoms with van der Waals surface area (Å²) >= 11 is 1.14. The van der Waals surface area contributed by atoms with Gasteiger partial charge in [0, 0.05) is 19.5 Å². The minimum Gasteiger partial charge on any atom is -0.324 e. The third-order valence-electron chi connectivity index (χ3n) is 2.56. The first-order valence-corrected chi connectivity index (χ1v) is 6.57. The highest BCUT2D eigenvalue weighted by atomic mass is 32.2. The third-order valence-corrected chi connectivity index (χ3v) is 3.73. The van der Waals surface area contributed by atoms with Crippen molar-refractivity contribution in [2.75, 3.05) is 12.4 Å². The van der Waals surface area contributed by atoms with E-state index in [1.807, 2.05) is 0 Å². The average Bonchev–Trinajstić information content (AvgIpc) is 2.74. The van der Waals surface area contributed by atoms with Crippen LogP contribution in [0.4, 0.5) is 14.5 Å². The van der Waals surface area contributed by atoms with E-state index in [0.717, 1.165) is 23.9 Å². The van der Waals surface area contributed by atoms with Gasteiger partial charge in [0.05, 0.1) is 5.69 Å². The van der Waals surface area contributed by atoms with Crippen molar-refractivity contribution in [2.45, 2.75) is 11.7 Å². The van der Waals surface area contributed by atoms with Gasteiger partial charge in [-0.3, -0.25) is 14.6 Å². The average molecular weight is 299 g/mol. The van der Waals surface area contributed by atoms with E-state index in [1.165, 1.54) is 7.05 Å². The van der Waals surface area contributed by atoms with Crippen LogP contribution in [-0.4, -0.2) is 29.3 Å². The zero-order chi connectivity index (χ0) is 14.7. The maximum Gasteiger partial charge on any atom is 0.240 e. The Morgan fingerprint density at radius 3 is 2.85 bits per heavy atom. The predicted octanol–water partition coefficient (Wildman–Crippen LogP) is 1.51. The SMILES string of the molecule is CN=C1NC(=O)[C@H](CC(=O)Nc2ccc(F)cc2F)S1. The molecule has 5 nitrogen and oxygen atoms in total. The number of anilines is 1. The molecule has 2 amide bonds. The van der Waals surface area contributed by atoms with Crippen LogP contribution in [0.5, 0.6) is 0 Å². The topological polar surface area (TPSA) is 70.6 Å². The molecule has 1 fully saturated rings. The lowest BCUT2D eigenvalue weighted by molar-refractivity contribution is -0.122. The van der Waals surface area contributed by atoms with Gasteiger partial charge in [-0.15, -0.1) is 0 Å². The van der Waals surface area contributed by atoms with Crippen LogP contribution < -0.4 is 10.6 Å². The normalized spacial score (nSPS) is 20.1. The van der Waals surface area contributed by atoms with Crippen molar-refractivity contribution in [3.63, 3.8) is 0 Å². The molecule has 1 atom stereocenters. The number of amidine groups is 1. The summed E-state index contributed by atoms with van der Waals surface area (Å²) in [5.74, 6) is -2.43. The van der Waals surface area contributed by atoms with Crippen molar-refractivity contribution in [3.05, 3.63) is 29.8 Å². The van der Waals surface area contributed by atoms with Crippen molar-refractivity contribution in [1.82, 2.24) is 5.32 Å². The molecule has 0 unspecified atom stereocenters. The third kappa shape index (κ3) is 3.32. The highest BCUT2D eigenvalue weighted by Crippen LogP contribution is 2.23. The summed E-state index contributed by atoms with van der Waals surface area (Å²) in [4.78, 5) is 27.1. The van der Waals surface area contributed by atoms with Crippen molar-refractivity contribution in [2.24, 2.45) is 4.99 Å². The molecule has 106 valence electrons. The smallest absolute Gasteiger partial charge is 0.240 e. The molecule has 0 spiro atoms. The van der Waals surface area contributed by atoms with E-state index in [2.05, 4.69) is 15.6 Å². The number of nitrogens with zero attached hydrogens (tertiary/aromatic N) is 1. The molecule has 1 saturated heterocycles. The molecule has 1 aliphatic heterocycles. The highest BCUT2D eigenvalue weighted by Gasteiger charge is 2.31. The Morgan fingerprint density at radius 1 is 1.50 bits per heavy atom. The Bertz CT molecular complexity index is 592. The van der Waals surface area contributed by atoms with Gasteiger partial charge in [0.15, 0.2) is 5.17 Å². The van der Waals surface area contributed by atoms with Crippen LogP contribution in [0.1, 0.15) is 6.42 Å². The lowest BCUT2D eigenvalue weighted by Gasteiger charge is -2.08. The van der Waals surface area contributed by atoms with E-state index >= 15 is 0 Å². The van der Waals surface area contributed by atoms with Crippen LogP contribution in [0.15, 0.2) is 23.2 Å². The van der Waals surface area contributed by atoms with Gasteiger partial charge in [-0.05, 0) is 12.1 Å². The number of hydrogen-bond acceptors (Lipinski definition) is 4. The number of carbonyl (C=O) groups excluding carboxylic acids is 2. The zero-order valence-electron chi connectivity index (χ0n) is 10.4. The summed E-state index contributed by atoms with van der Waals surface area (Å²) in [6, 6.07) is 2.84. The molecule has 2 N–H and O–H groups in total. The Labute approximate surface area is 117 Å². The second kappa shape index (κ2) is 6.00. The second-order valence-corrected chi connectivity index (χ2v) is 5.19. The van der Waals surface area contributed by atoms with E-state index in [9.17, 15) is 18.4 Å². The monoisotopic (exact) mass is 299 g/mol.